The summed E-state index contributed by atoms with van der Waals surface area (Å²) in [7, 11) is 0. The van der Waals surface area contributed by atoms with Gasteiger partial charge in [0.1, 0.15) is 0 Å². The molecule has 2 fully saturated rings. The Bertz CT molecular complexity index is 499. The van der Waals surface area contributed by atoms with Crippen LogP contribution in [0.15, 0.2) is 6.20 Å². The lowest BCUT2D eigenvalue weighted by molar-refractivity contribution is -0.0494. The van der Waals surface area contributed by atoms with Crippen molar-refractivity contribution in [2.24, 2.45) is 0 Å². The number of aromatic amines is 1. The number of piperidine rings is 1. The molecular formula is C15H21F2N3O. The fraction of sp³-hybridized carbons (Fsp3) is 0.733. The number of H-pyrrole nitrogens is 1. The standard InChI is InChI=1S/C15H21F2N3O/c16-15(17)6-8-20(9-7-15)14(21)12-10-18-19-13(12)11-4-2-1-3-5-11/h10-11H,1-9H2,(H,18,19). The van der Waals surface area contributed by atoms with E-state index in [4.69, 9.17) is 0 Å². The van der Waals surface area contributed by atoms with Gasteiger partial charge in [-0.15, -0.1) is 0 Å². The Labute approximate surface area is 122 Å². The third-order valence-electron chi connectivity index (χ3n) is 4.69. The van der Waals surface area contributed by atoms with E-state index in [9.17, 15) is 13.6 Å². The molecular weight excluding hydrogens is 276 g/mol. The van der Waals surface area contributed by atoms with Gasteiger partial charge in [0.25, 0.3) is 11.8 Å². The van der Waals surface area contributed by atoms with Crippen LogP contribution in [0.5, 0.6) is 0 Å². The number of carbonyl (C=O) groups is 1. The number of aromatic nitrogens is 2. The van der Waals surface area contributed by atoms with Crippen molar-refractivity contribution in [2.45, 2.75) is 56.8 Å². The summed E-state index contributed by atoms with van der Waals surface area (Å²) in [6.07, 6.45) is 6.81. The average molecular weight is 297 g/mol. The summed E-state index contributed by atoms with van der Waals surface area (Å²) in [6, 6.07) is 0. The Kier molecular flexibility index (Phi) is 3.95. The molecule has 4 nitrogen and oxygen atoms in total. The average Bonchev–Trinajstić information content (AvgIpc) is 2.97. The molecule has 2 heterocycles. The Morgan fingerprint density at radius 2 is 1.90 bits per heavy atom. The minimum absolute atomic E-state index is 0.126. The summed E-state index contributed by atoms with van der Waals surface area (Å²) in [5, 5.41) is 6.99. The minimum Gasteiger partial charge on any atom is -0.338 e. The third-order valence-corrected chi connectivity index (χ3v) is 4.69. The van der Waals surface area contributed by atoms with Crippen molar-refractivity contribution in [2.75, 3.05) is 13.1 Å². The van der Waals surface area contributed by atoms with E-state index < -0.39 is 5.92 Å². The van der Waals surface area contributed by atoms with Crippen molar-refractivity contribution in [3.05, 3.63) is 17.5 Å². The largest absolute Gasteiger partial charge is 0.338 e. The monoisotopic (exact) mass is 297 g/mol. The zero-order valence-electron chi connectivity index (χ0n) is 12.1. The molecule has 1 amide bonds. The van der Waals surface area contributed by atoms with Crippen LogP contribution >= 0.6 is 0 Å². The second-order valence-corrected chi connectivity index (χ2v) is 6.18. The first-order valence-electron chi connectivity index (χ1n) is 7.77. The molecule has 1 aliphatic carbocycles. The van der Waals surface area contributed by atoms with Crippen LogP contribution in [0.2, 0.25) is 0 Å². The highest BCUT2D eigenvalue weighted by Gasteiger charge is 2.36. The first-order chi connectivity index (χ1) is 10.1. The van der Waals surface area contributed by atoms with Gasteiger partial charge in [-0.1, -0.05) is 19.3 Å². The van der Waals surface area contributed by atoms with E-state index >= 15 is 0 Å². The predicted molar refractivity (Wildman–Crippen MR) is 74.5 cm³/mol. The topological polar surface area (TPSA) is 49.0 Å². The van der Waals surface area contributed by atoms with E-state index in [1.165, 1.54) is 24.2 Å². The van der Waals surface area contributed by atoms with Gasteiger partial charge in [0.2, 0.25) is 0 Å². The lowest BCUT2D eigenvalue weighted by Gasteiger charge is -2.32. The van der Waals surface area contributed by atoms with Crippen LogP contribution in [0.3, 0.4) is 0 Å². The van der Waals surface area contributed by atoms with Gasteiger partial charge in [0, 0.05) is 31.8 Å². The predicted octanol–water partition coefficient (Wildman–Crippen LogP) is 3.33. The van der Waals surface area contributed by atoms with Crippen LogP contribution in [0, 0.1) is 0 Å². The smallest absolute Gasteiger partial charge is 0.257 e. The highest BCUT2D eigenvalue weighted by atomic mass is 19.3. The molecule has 0 atom stereocenters. The zero-order chi connectivity index (χ0) is 14.9. The van der Waals surface area contributed by atoms with Gasteiger partial charge in [-0.3, -0.25) is 9.89 Å². The van der Waals surface area contributed by atoms with Crippen LogP contribution in [-0.2, 0) is 0 Å². The maximum atomic E-state index is 13.2. The number of nitrogens with zero attached hydrogens (tertiary/aromatic N) is 2. The quantitative estimate of drug-likeness (QED) is 0.910. The van der Waals surface area contributed by atoms with Gasteiger partial charge >= 0.3 is 0 Å². The van der Waals surface area contributed by atoms with Crippen LogP contribution < -0.4 is 0 Å². The molecule has 1 saturated heterocycles. The van der Waals surface area contributed by atoms with Gasteiger partial charge in [-0.2, -0.15) is 5.10 Å². The molecule has 0 spiro atoms. The molecule has 2 aliphatic rings. The summed E-state index contributed by atoms with van der Waals surface area (Å²) in [5.74, 6) is -2.43. The van der Waals surface area contributed by atoms with Crippen molar-refractivity contribution in [1.82, 2.24) is 15.1 Å². The van der Waals surface area contributed by atoms with Crippen LogP contribution in [0.25, 0.3) is 0 Å². The number of halogens is 2. The number of nitrogens with one attached hydrogen (secondary N) is 1. The third kappa shape index (κ3) is 3.09. The number of carbonyl (C=O) groups excluding carboxylic acids is 1. The fourth-order valence-corrected chi connectivity index (χ4v) is 3.38. The number of alkyl halides is 2. The zero-order valence-corrected chi connectivity index (χ0v) is 12.1. The van der Waals surface area contributed by atoms with Gasteiger partial charge in [0.05, 0.1) is 17.5 Å². The second-order valence-electron chi connectivity index (χ2n) is 6.18. The number of hydrogen-bond acceptors (Lipinski definition) is 2. The fourth-order valence-electron chi connectivity index (χ4n) is 3.38. The van der Waals surface area contributed by atoms with E-state index in [0.29, 0.717) is 11.5 Å². The van der Waals surface area contributed by atoms with Gasteiger partial charge in [-0.05, 0) is 12.8 Å². The number of rotatable bonds is 2. The van der Waals surface area contributed by atoms with Crippen molar-refractivity contribution in [1.29, 1.82) is 0 Å². The number of hydrogen-bond donors (Lipinski definition) is 1. The van der Waals surface area contributed by atoms with Gasteiger partial charge < -0.3 is 4.90 Å². The number of amides is 1. The lowest BCUT2D eigenvalue weighted by atomic mass is 9.85. The number of likely N-dealkylation sites (tertiary alicyclic amines) is 1. The molecule has 1 aromatic rings. The molecule has 1 aliphatic heterocycles. The lowest BCUT2D eigenvalue weighted by Crippen LogP contribution is -2.43. The maximum absolute atomic E-state index is 13.2. The Balaban J connectivity index is 1.72. The summed E-state index contributed by atoms with van der Waals surface area (Å²) in [4.78, 5) is 14.1. The molecule has 1 aromatic heterocycles. The van der Waals surface area contributed by atoms with E-state index in [1.54, 1.807) is 6.20 Å². The summed E-state index contributed by atoms with van der Waals surface area (Å²) < 4.78 is 26.4. The first-order valence-corrected chi connectivity index (χ1v) is 7.77. The minimum atomic E-state index is -2.63. The van der Waals surface area contributed by atoms with Crippen molar-refractivity contribution in [3.63, 3.8) is 0 Å². The molecule has 0 radical (unpaired) electrons. The molecule has 0 unspecified atom stereocenters. The summed E-state index contributed by atoms with van der Waals surface area (Å²) >= 11 is 0. The molecule has 6 heteroatoms. The van der Waals surface area contributed by atoms with Crippen molar-refractivity contribution < 1.29 is 13.6 Å². The maximum Gasteiger partial charge on any atom is 0.257 e. The molecule has 1 N–H and O–H groups in total. The Morgan fingerprint density at radius 3 is 2.57 bits per heavy atom. The van der Waals surface area contributed by atoms with Crippen LogP contribution in [0.4, 0.5) is 8.78 Å². The van der Waals surface area contributed by atoms with Crippen LogP contribution in [0.1, 0.15) is 66.9 Å². The van der Waals surface area contributed by atoms with Crippen molar-refractivity contribution in [3.8, 4) is 0 Å². The molecule has 3 rings (SSSR count). The molecule has 116 valence electrons. The summed E-state index contributed by atoms with van der Waals surface area (Å²) in [5.41, 5.74) is 1.48. The van der Waals surface area contributed by atoms with E-state index in [-0.39, 0.29) is 31.8 Å². The van der Waals surface area contributed by atoms with E-state index in [0.717, 1.165) is 18.5 Å². The SMILES string of the molecule is O=C(c1cn[nH]c1C1CCCCC1)N1CCC(F)(F)CC1. The molecule has 0 aromatic carbocycles. The Morgan fingerprint density at radius 1 is 1.24 bits per heavy atom. The molecule has 0 bridgehead atoms. The highest BCUT2D eigenvalue weighted by molar-refractivity contribution is 5.95. The summed E-state index contributed by atoms with van der Waals surface area (Å²) in [6.45, 7) is 0.252. The first kappa shape index (κ1) is 14.5. The van der Waals surface area contributed by atoms with Gasteiger partial charge in [0.15, 0.2) is 0 Å². The normalized spacial score (nSPS) is 23.2. The second kappa shape index (κ2) is 5.73. The Hall–Kier alpha value is -1.46. The van der Waals surface area contributed by atoms with E-state index in [2.05, 4.69) is 10.2 Å². The molecule has 1 saturated carbocycles. The van der Waals surface area contributed by atoms with Crippen molar-refractivity contribution >= 4 is 5.91 Å². The highest BCUT2D eigenvalue weighted by Crippen LogP contribution is 2.34. The van der Waals surface area contributed by atoms with Crippen LogP contribution in [-0.4, -0.2) is 40.0 Å². The van der Waals surface area contributed by atoms with E-state index in [1.807, 2.05) is 0 Å². The molecule has 21 heavy (non-hydrogen) atoms. The van der Waals surface area contributed by atoms with Gasteiger partial charge in [-0.25, -0.2) is 8.78 Å².